The average molecular weight is 388 g/mol. The molecule has 0 aliphatic rings. The molecule has 0 fully saturated rings. The van der Waals surface area contributed by atoms with E-state index in [1.54, 1.807) is 30.5 Å². The second kappa shape index (κ2) is 8.02. The van der Waals surface area contributed by atoms with E-state index in [-0.39, 0.29) is 24.2 Å². The fraction of sp³-hybridized carbons (Fsp3) is 0.0909. The minimum atomic E-state index is -0.481. The molecule has 2 heterocycles. The molecule has 2 aromatic heterocycles. The molecule has 0 saturated carbocycles. The van der Waals surface area contributed by atoms with Crippen molar-refractivity contribution in [2.24, 2.45) is 0 Å². The van der Waals surface area contributed by atoms with Crippen LogP contribution in [0.4, 0.5) is 4.39 Å². The van der Waals surface area contributed by atoms with Crippen LogP contribution < -0.4 is 10.9 Å². The number of fused-ring (bicyclic) bond motifs is 1. The van der Waals surface area contributed by atoms with Crippen molar-refractivity contribution in [3.05, 3.63) is 106 Å². The summed E-state index contributed by atoms with van der Waals surface area (Å²) in [5.41, 5.74) is 1.23. The molecule has 7 heteroatoms. The molecule has 6 nitrogen and oxygen atoms in total. The summed E-state index contributed by atoms with van der Waals surface area (Å²) in [6.45, 7) is 0.313. The van der Waals surface area contributed by atoms with Gasteiger partial charge in [0.15, 0.2) is 0 Å². The zero-order valence-corrected chi connectivity index (χ0v) is 15.4. The molecule has 29 heavy (non-hydrogen) atoms. The van der Waals surface area contributed by atoms with Crippen molar-refractivity contribution < 1.29 is 9.18 Å². The Hall–Kier alpha value is -3.87. The number of hydrogen-bond acceptors (Lipinski definition) is 4. The summed E-state index contributed by atoms with van der Waals surface area (Å²) >= 11 is 0. The number of hydrogen-bond donors (Lipinski definition) is 1. The summed E-state index contributed by atoms with van der Waals surface area (Å²) in [6, 6.07) is 18.0. The molecule has 0 radical (unpaired) electrons. The van der Waals surface area contributed by atoms with Crippen LogP contribution in [0.15, 0.2) is 77.7 Å². The van der Waals surface area contributed by atoms with Gasteiger partial charge in [0.05, 0.1) is 29.9 Å². The van der Waals surface area contributed by atoms with Gasteiger partial charge in [0.1, 0.15) is 5.82 Å². The molecule has 1 amide bonds. The van der Waals surface area contributed by atoms with E-state index >= 15 is 0 Å². The maximum absolute atomic E-state index is 13.4. The average Bonchev–Trinajstić information content (AvgIpc) is 2.75. The predicted molar refractivity (Wildman–Crippen MR) is 107 cm³/mol. The minimum Gasteiger partial charge on any atom is -0.346 e. The Labute approximate surface area is 165 Å². The molecule has 0 atom stereocenters. The maximum atomic E-state index is 13.4. The summed E-state index contributed by atoms with van der Waals surface area (Å²) < 4.78 is 14.7. The second-order valence-corrected chi connectivity index (χ2v) is 6.47. The Morgan fingerprint density at radius 1 is 1.00 bits per heavy atom. The monoisotopic (exact) mass is 388 g/mol. The van der Waals surface area contributed by atoms with Crippen molar-refractivity contribution in [1.29, 1.82) is 0 Å². The van der Waals surface area contributed by atoms with E-state index in [4.69, 9.17) is 0 Å². The molecule has 1 N–H and O–H groups in total. The summed E-state index contributed by atoms with van der Waals surface area (Å²) in [5.74, 6) is -0.900. The molecule has 0 unspecified atom stereocenters. The van der Waals surface area contributed by atoms with Gasteiger partial charge in [0, 0.05) is 17.1 Å². The number of amides is 1. The number of benzene rings is 2. The third-order valence-corrected chi connectivity index (χ3v) is 4.49. The van der Waals surface area contributed by atoms with Crippen LogP contribution in [0.3, 0.4) is 0 Å². The highest BCUT2D eigenvalue weighted by Gasteiger charge is 2.13. The van der Waals surface area contributed by atoms with Gasteiger partial charge in [0.2, 0.25) is 0 Å². The quantitative estimate of drug-likeness (QED) is 0.570. The third kappa shape index (κ3) is 4.03. The number of pyridine rings is 1. The van der Waals surface area contributed by atoms with Gasteiger partial charge in [-0.15, -0.1) is 0 Å². The number of halogens is 1. The fourth-order valence-electron chi connectivity index (χ4n) is 3.08. The lowest BCUT2D eigenvalue weighted by atomic mass is 10.1. The predicted octanol–water partition coefficient (Wildman–Crippen LogP) is 2.91. The lowest BCUT2D eigenvalue weighted by Crippen LogP contribution is -2.29. The number of carbonyl (C=O) groups is 1. The molecular weight excluding hydrogens is 371 g/mol. The highest BCUT2D eigenvalue weighted by atomic mass is 19.1. The number of nitrogens with one attached hydrogen (secondary N) is 1. The minimum absolute atomic E-state index is 0.0956. The molecule has 0 aliphatic carbocycles. The molecule has 4 rings (SSSR count). The molecule has 0 spiro atoms. The lowest BCUT2D eigenvalue weighted by Gasteiger charge is -2.12. The van der Waals surface area contributed by atoms with Gasteiger partial charge in [-0.05, 0) is 36.4 Å². The van der Waals surface area contributed by atoms with Crippen LogP contribution in [0.5, 0.6) is 0 Å². The first-order valence-electron chi connectivity index (χ1n) is 9.04. The first kappa shape index (κ1) is 18.5. The Bertz CT molecular complexity index is 1240. The highest BCUT2D eigenvalue weighted by Crippen LogP contribution is 2.14. The van der Waals surface area contributed by atoms with Gasteiger partial charge >= 0.3 is 0 Å². The number of carbonyl (C=O) groups excluding carboxylic acids is 1. The van der Waals surface area contributed by atoms with Crippen LogP contribution in [-0.4, -0.2) is 20.7 Å². The largest absolute Gasteiger partial charge is 0.346 e. The van der Waals surface area contributed by atoms with Gasteiger partial charge in [-0.1, -0.05) is 30.3 Å². The Balaban J connectivity index is 1.67. The Morgan fingerprint density at radius 2 is 1.79 bits per heavy atom. The van der Waals surface area contributed by atoms with Crippen LogP contribution in [0.2, 0.25) is 0 Å². The van der Waals surface area contributed by atoms with Gasteiger partial charge < -0.3 is 5.32 Å². The van der Waals surface area contributed by atoms with E-state index in [2.05, 4.69) is 15.4 Å². The summed E-state index contributed by atoms with van der Waals surface area (Å²) in [6.07, 6.45) is 1.65. The fourth-order valence-corrected chi connectivity index (χ4v) is 3.08. The van der Waals surface area contributed by atoms with E-state index in [9.17, 15) is 14.0 Å². The first-order valence-corrected chi connectivity index (χ1v) is 9.04. The Kier molecular flexibility index (Phi) is 5.11. The van der Waals surface area contributed by atoms with E-state index in [1.165, 1.54) is 28.9 Å². The van der Waals surface area contributed by atoms with Crippen LogP contribution >= 0.6 is 0 Å². The highest BCUT2D eigenvalue weighted by molar-refractivity contribution is 5.94. The Morgan fingerprint density at radius 3 is 2.55 bits per heavy atom. The summed E-state index contributed by atoms with van der Waals surface area (Å²) in [5, 5.41) is 8.37. The van der Waals surface area contributed by atoms with Crippen LogP contribution in [0.25, 0.3) is 10.8 Å². The lowest BCUT2D eigenvalue weighted by molar-refractivity contribution is 0.0950. The summed E-state index contributed by atoms with van der Waals surface area (Å²) in [4.78, 5) is 29.4. The normalized spacial score (nSPS) is 10.8. The van der Waals surface area contributed by atoms with Gasteiger partial charge in [-0.3, -0.25) is 14.6 Å². The molecule has 4 aromatic rings. The van der Waals surface area contributed by atoms with Gasteiger partial charge in [0.25, 0.3) is 11.5 Å². The first-order chi connectivity index (χ1) is 14.1. The zero-order valence-electron chi connectivity index (χ0n) is 15.4. The summed E-state index contributed by atoms with van der Waals surface area (Å²) in [7, 11) is 0. The second-order valence-electron chi connectivity index (χ2n) is 6.47. The number of rotatable bonds is 5. The standard InChI is InChI=1S/C22H17FN4O2/c23-16-7-5-6-15(12-16)21(28)25-13-20-18-9-1-2-10-19(18)22(29)27(26-20)14-17-8-3-4-11-24-17/h1-12H,13-14H2,(H,25,28). The molecule has 0 aliphatic heterocycles. The van der Waals surface area contributed by atoms with Crippen molar-refractivity contribution >= 4 is 16.7 Å². The molecule has 144 valence electrons. The van der Waals surface area contributed by atoms with Crippen molar-refractivity contribution in [3.8, 4) is 0 Å². The van der Waals surface area contributed by atoms with Crippen molar-refractivity contribution in [3.63, 3.8) is 0 Å². The zero-order chi connectivity index (χ0) is 20.2. The topological polar surface area (TPSA) is 76.9 Å². The van der Waals surface area contributed by atoms with Crippen molar-refractivity contribution in [1.82, 2.24) is 20.1 Å². The van der Waals surface area contributed by atoms with E-state index in [0.717, 1.165) is 0 Å². The van der Waals surface area contributed by atoms with Crippen molar-refractivity contribution in [2.75, 3.05) is 0 Å². The smallest absolute Gasteiger partial charge is 0.275 e. The van der Waals surface area contributed by atoms with Gasteiger partial charge in [-0.25, -0.2) is 9.07 Å². The molecular formula is C22H17FN4O2. The molecule has 0 bridgehead atoms. The molecule has 2 aromatic carbocycles. The third-order valence-electron chi connectivity index (χ3n) is 4.49. The van der Waals surface area contributed by atoms with Crippen LogP contribution in [0.1, 0.15) is 21.7 Å². The van der Waals surface area contributed by atoms with Crippen LogP contribution in [0, 0.1) is 5.82 Å². The van der Waals surface area contributed by atoms with Gasteiger partial charge in [-0.2, -0.15) is 5.10 Å². The van der Waals surface area contributed by atoms with E-state index in [0.29, 0.717) is 22.2 Å². The number of aromatic nitrogens is 3. The maximum Gasteiger partial charge on any atom is 0.275 e. The van der Waals surface area contributed by atoms with Crippen molar-refractivity contribution in [2.45, 2.75) is 13.1 Å². The molecule has 0 saturated heterocycles. The van der Waals surface area contributed by atoms with E-state index < -0.39 is 11.7 Å². The van der Waals surface area contributed by atoms with E-state index in [1.807, 2.05) is 18.2 Å². The van der Waals surface area contributed by atoms with Crippen LogP contribution in [-0.2, 0) is 13.1 Å². The number of nitrogens with zero attached hydrogens (tertiary/aromatic N) is 3. The SMILES string of the molecule is O=C(NCc1nn(Cc2ccccn2)c(=O)c2ccccc12)c1cccc(F)c1.